The number of nitrogens with one attached hydrogen (secondary N) is 1. The van der Waals surface area contributed by atoms with Crippen LogP contribution in [-0.4, -0.2) is 97.2 Å². The van der Waals surface area contributed by atoms with Crippen molar-refractivity contribution in [1.29, 1.82) is 0 Å². The summed E-state index contributed by atoms with van der Waals surface area (Å²) in [5.74, 6) is 1.49. The first-order valence-corrected chi connectivity index (χ1v) is 14.3. The van der Waals surface area contributed by atoms with Gasteiger partial charge in [-0.3, -0.25) is 4.90 Å². The van der Waals surface area contributed by atoms with Gasteiger partial charge in [-0.15, -0.1) is 0 Å². The number of rotatable bonds is 6. The first-order valence-electron chi connectivity index (χ1n) is 13.9. The predicted octanol–water partition coefficient (Wildman–Crippen LogP) is 4.50. The maximum absolute atomic E-state index is 6.60. The summed E-state index contributed by atoms with van der Waals surface area (Å²) in [6.45, 7) is 6.85. The lowest BCUT2D eigenvalue weighted by atomic mass is 9.89. The van der Waals surface area contributed by atoms with Gasteiger partial charge in [0.25, 0.3) is 0 Å². The smallest absolute Gasteiger partial charge is 0.227 e. The zero-order valence-corrected chi connectivity index (χ0v) is 23.8. The van der Waals surface area contributed by atoms with Gasteiger partial charge in [0.15, 0.2) is 0 Å². The monoisotopic (exact) mass is 547 g/mol. The van der Waals surface area contributed by atoms with Gasteiger partial charge in [-0.25, -0.2) is 9.97 Å². The molecule has 4 heterocycles. The van der Waals surface area contributed by atoms with E-state index in [1.54, 1.807) is 13.3 Å². The highest BCUT2D eigenvalue weighted by Crippen LogP contribution is 2.40. The standard InChI is InChI=1S/C30H38ClN7O/c1-35-14-16-38(17-15-35)21-10-12-37(13-11-21)22-8-9-26(28(18-22)39-3)33-30-32-19-25(31)29(34-30)24-20-36(2)27-7-5-4-6-23(24)27/h4-9,18-21,23,27H,10-17H2,1-3H3,(H,32,33,34). The Morgan fingerprint density at radius 3 is 2.54 bits per heavy atom. The van der Waals surface area contributed by atoms with Crippen molar-refractivity contribution in [1.82, 2.24) is 24.7 Å². The molecule has 39 heavy (non-hydrogen) atoms. The third kappa shape index (κ3) is 5.38. The van der Waals surface area contributed by atoms with Crippen molar-refractivity contribution in [2.75, 3.05) is 70.7 Å². The molecule has 0 saturated carbocycles. The maximum Gasteiger partial charge on any atom is 0.227 e. The second-order valence-electron chi connectivity index (χ2n) is 11.0. The minimum atomic E-state index is 0.217. The SMILES string of the molecule is COc1cc(N2CCC(N3CCN(C)CC3)CC2)ccc1Nc1ncc(Cl)c(C2=CN(C)C3C=CC=CC23)n1. The van der Waals surface area contributed by atoms with Crippen LogP contribution in [0.1, 0.15) is 18.5 Å². The molecule has 0 spiro atoms. The van der Waals surface area contributed by atoms with Gasteiger partial charge in [-0.2, -0.15) is 0 Å². The summed E-state index contributed by atoms with van der Waals surface area (Å²) >= 11 is 6.60. The number of allylic oxidation sites excluding steroid dienone is 2. The van der Waals surface area contributed by atoms with Gasteiger partial charge < -0.3 is 24.8 Å². The number of hydrogen-bond acceptors (Lipinski definition) is 8. The zero-order valence-electron chi connectivity index (χ0n) is 23.1. The second-order valence-corrected chi connectivity index (χ2v) is 11.4. The fourth-order valence-electron chi connectivity index (χ4n) is 6.29. The molecular weight excluding hydrogens is 510 g/mol. The van der Waals surface area contributed by atoms with E-state index in [0.29, 0.717) is 17.0 Å². The quantitative estimate of drug-likeness (QED) is 0.567. The van der Waals surface area contributed by atoms with Gasteiger partial charge in [-0.05, 0) is 32.0 Å². The largest absolute Gasteiger partial charge is 0.494 e. The van der Waals surface area contributed by atoms with Crippen LogP contribution in [-0.2, 0) is 0 Å². The van der Waals surface area contributed by atoms with E-state index in [2.05, 4.69) is 92.7 Å². The number of piperazine rings is 1. The summed E-state index contributed by atoms with van der Waals surface area (Å²) in [6.07, 6.45) is 14.8. The van der Waals surface area contributed by atoms with Crippen LogP contribution in [0.3, 0.4) is 0 Å². The van der Waals surface area contributed by atoms with Crippen LogP contribution >= 0.6 is 11.6 Å². The summed E-state index contributed by atoms with van der Waals surface area (Å²) in [7, 11) is 6.01. The Balaban J connectivity index is 1.15. The second kappa shape index (κ2) is 11.2. The van der Waals surface area contributed by atoms with E-state index in [-0.39, 0.29) is 12.0 Å². The molecule has 3 aliphatic heterocycles. The van der Waals surface area contributed by atoms with E-state index in [1.807, 2.05) is 0 Å². The van der Waals surface area contributed by atoms with E-state index in [9.17, 15) is 0 Å². The third-order valence-corrected chi connectivity index (χ3v) is 8.89. The number of halogens is 1. The molecule has 0 radical (unpaired) electrons. The average molecular weight is 548 g/mol. The summed E-state index contributed by atoms with van der Waals surface area (Å²) in [5.41, 5.74) is 3.88. The molecule has 206 valence electrons. The van der Waals surface area contributed by atoms with E-state index >= 15 is 0 Å². The number of aromatic nitrogens is 2. The topological polar surface area (TPSA) is 60.0 Å². The number of hydrogen-bond donors (Lipinski definition) is 1. The highest BCUT2D eigenvalue weighted by Gasteiger charge is 2.33. The Morgan fingerprint density at radius 1 is 1.00 bits per heavy atom. The molecule has 2 aromatic rings. The molecule has 2 unspecified atom stereocenters. The Hall–Kier alpha value is -3.07. The van der Waals surface area contributed by atoms with Gasteiger partial charge >= 0.3 is 0 Å². The Morgan fingerprint density at radius 2 is 1.77 bits per heavy atom. The normalized spacial score (nSPS) is 24.2. The van der Waals surface area contributed by atoms with E-state index in [0.717, 1.165) is 35.8 Å². The Labute approximate surface area is 236 Å². The zero-order chi connectivity index (χ0) is 26.9. The number of benzene rings is 1. The highest BCUT2D eigenvalue weighted by molar-refractivity contribution is 6.32. The molecule has 0 bridgehead atoms. The molecule has 4 aliphatic rings. The van der Waals surface area contributed by atoms with Crippen LogP contribution in [0.2, 0.25) is 5.02 Å². The highest BCUT2D eigenvalue weighted by atomic mass is 35.5. The number of fused-ring (bicyclic) bond motifs is 1. The summed E-state index contributed by atoms with van der Waals surface area (Å²) in [6, 6.07) is 7.32. The van der Waals surface area contributed by atoms with Crippen molar-refractivity contribution in [2.24, 2.45) is 5.92 Å². The molecule has 6 rings (SSSR count). The Bertz CT molecular complexity index is 1280. The number of methoxy groups -OCH3 is 1. The molecule has 2 atom stereocenters. The molecule has 2 fully saturated rings. The molecule has 9 heteroatoms. The minimum Gasteiger partial charge on any atom is -0.494 e. The first kappa shape index (κ1) is 26.2. The van der Waals surface area contributed by atoms with Crippen LogP contribution in [0.15, 0.2) is 54.9 Å². The number of piperidine rings is 1. The number of ether oxygens (including phenoxy) is 1. The molecule has 1 aliphatic carbocycles. The lowest BCUT2D eigenvalue weighted by Gasteiger charge is -2.42. The first-order chi connectivity index (χ1) is 19.0. The molecule has 0 amide bonds. The lowest BCUT2D eigenvalue weighted by molar-refractivity contribution is 0.0982. The number of anilines is 3. The summed E-state index contributed by atoms with van der Waals surface area (Å²) < 4.78 is 5.80. The van der Waals surface area contributed by atoms with Crippen molar-refractivity contribution >= 4 is 34.5 Å². The summed E-state index contributed by atoms with van der Waals surface area (Å²) in [5, 5.41) is 3.92. The minimum absolute atomic E-state index is 0.217. The third-order valence-electron chi connectivity index (χ3n) is 8.61. The average Bonchev–Trinajstić information content (AvgIpc) is 3.31. The van der Waals surface area contributed by atoms with Crippen LogP contribution < -0.4 is 15.0 Å². The van der Waals surface area contributed by atoms with Gasteiger partial charge in [0, 0.05) is 81.8 Å². The Kier molecular flexibility index (Phi) is 7.51. The molecule has 1 aromatic heterocycles. The lowest BCUT2D eigenvalue weighted by Crippen LogP contribution is -2.52. The van der Waals surface area contributed by atoms with Crippen molar-refractivity contribution in [3.05, 3.63) is 65.6 Å². The van der Waals surface area contributed by atoms with E-state index in [4.69, 9.17) is 21.3 Å². The van der Waals surface area contributed by atoms with Gasteiger partial charge in [0.05, 0.1) is 35.8 Å². The molecule has 2 saturated heterocycles. The van der Waals surface area contributed by atoms with Crippen LogP contribution in [0.5, 0.6) is 5.75 Å². The van der Waals surface area contributed by atoms with Crippen LogP contribution in [0.4, 0.5) is 17.3 Å². The summed E-state index contributed by atoms with van der Waals surface area (Å²) in [4.78, 5) is 19.1. The maximum atomic E-state index is 6.60. The predicted molar refractivity (Wildman–Crippen MR) is 159 cm³/mol. The number of likely N-dealkylation sites (N-methyl/N-ethyl adjacent to an activating group) is 2. The number of nitrogens with zero attached hydrogens (tertiary/aromatic N) is 6. The van der Waals surface area contributed by atoms with Gasteiger partial charge in [0.2, 0.25) is 5.95 Å². The van der Waals surface area contributed by atoms with Crippen molar-refractivity contribution in [2.45, 2.75) is 24.9 Å². The van der Waals surface area contributed by atoms with Crippen molar-refractivity contribution in [3.8, 4) is 5.75 Å². The molecule has 1 aromatic carbocycles. The van der Waals surface area contributed by atoms with Crippen LogP contribution in [0, 0.1) is 5.92 Å². The fraction of sp³-hybridized carbons (Fsp3) is 0.467. The molecular formula is C30H38ClN7O. The fourth-order valence-corrected chi connectivity index (χ4v) is 6.49. The van der Waals surface area contributed by atoms with Crippen molar-refractivity contribution in [3.63, 3.8) is 0 Å². The van der Waals surface area contributed by atoms with Crippen molar-refractivity contribution < 1.29 is 4.74 Å². The van der Waals surface area contributed by atoms with Gasteiger partial charge in [0.1, 0.15) is 5.75 Å². The van der Waals surface area contributed by atoms with E-state index < -0.39 is 0 Å². The van der Waals surface area contributed by atoms with E-state index in [1.165, 1.54) is 44.7 Å². The molecule has 8 nitrogen and oxygen atoms in total. The van der Waals surface area contributed by atoms with Crippen LogP contribution in [0.25, 0.3) is 5.57 Å². The molecule has 1 N–H and O–H groups in total. The van der Waals surface area contributed by atoms with Gasteiger partial charge in [-0.1, -0.05) is 35.9 Å².